The Balaban J connectivity index is 1.56. The fraction of sp³-hybridized carbons (Fsp3) is 0.0238. The summed E-state index contributed by atoms with van der Waals surface area (Å²) in [5.74, 6) is 0.570. The van der Waals surface area contributed by atoms with Crippen LogP contribution in [0.25, 0.3) is 28.2 Å². The average molecular weight is 660 g/mol. The number of aromatic nitrogens is 2. The van der Waals surface area contributed by atoms with Gasteiger partial charge in [-0.15, -0.1) is 0 Å². The van der Waals surface area contributed by atoms with E-state index in [1.807, 2.05) is 121 Å². The fourth-order valence-electron chi connectivity index (χ4n) is 6.32. The first-order chi connectivity index (χ1) is 23.6. The van der Waals surface area contributed by atoms with Gasteiger partial charge in [0.2, 0.25) is 5.66 Å². The van der Waals surface area contributed by atoms with Gasteiger partial charge in [0.25, 0.3) is 0 Å². The van der Waals surface area contributed by atoms with Crippen LogP contribution in [-0.4, -0.2) is 21.0 Å². The standard InChI is InChI=1S/C42H28Cl2N4/c43-34-26-14-13-25-33(34)42(46-37(29-17-5-1-6-18-29)38(47-42)30-19-7-2-8-20-30)41-45-39(31-21-9-3-10-22-31)40(32-23-11-4-12-24-32)48(41)36-28-16-15-27-35(36)44/h1-28H. The second kappa shape index (κ2) is 12.6. The zero-order chi connectivity index (χ0) is 32.5. The summed E-state index contributed by atoms with van der Waals surface area (Å²) in [5, 5.41) is 1.10. The summed E-state index contributed by atoms with van der Waals surface area (Å²) in [6.07, 6.45) is 0. The zero-order valence-electron chi connectivity index (χ0n) is 25.7. The summed E-state index contributed by atoms with van der Waals surface area (Å²) in [6, 6.07) is 56.3. The summed E-state index contributed by atoms with van der Waals surface area (Å²) >= 11 is 14.2. The normalized spacial score (nSPS) is 13.6. The molecule has 230 valence electrons. The number of halogens is 2. The van der Waals surface area contributed by atoms with Crippen LogP contribution in [0.3, 0.4) is 0 Å². The van der Waals surface area contributed by atoms with Crippen LogP contribution < -0.4 is 0 Å². The SMILES string of the molecule is Clc1ccccc1-n1c(C2(c3ccccc3Cl)N=C(c3ccccc3)C(c3ccccc3)=N2)nc(-c2ccccc2)c1-c1ccccc1. The minimum atomic E-state index is -1.38. The van der Waals surface area contributed by atoms with E-state index >= 15 is 0 Å². The Bertz CT molecular complexity index is 2240. The van der Waals surface area contributed by atoms with Crippen molar-refractivity contribution in [2.24, 2.45) is 9.98 Å². The topological polar surface area (TPSA) is 42.5 Å². The molecule has 1 aromatic heterocycles. The largest absolute Gasteiger partial charge is 0.290 e. The molecule has 0 atom stereocenters. The predicted octanol–water partition coefficient (Wildman–Crippen LogP) is 10.7. The van der Waals surface area contributed by atoms with Gasteiger partial charge in [0, 0.05) is 32.8 Å². The lowest BCUT2D eigenvalue weighted by Crippen LogP contribution is -2.27. The first kappa shape index (κ1) is 29.8. The van der Waals surface area contributed by atoms with E-state index in [2.05, 4.69) is 53.1 Å². The van der Waals surface area contributed by atoms with Crippen LogP contribution in [0.5, 0.6) is 0 Å². The Morgan fingerprint density at radius 3 is 1.40 bits per heavy atom. The van der Waals surface area contributed by atoms with E-state index in [9.17, 15) is 0 Å². The third kappa shape index (κ3) is 5.16. The molecule has 0 fully saturated rings. The highest BCUT2D eigenvalue weighted by Gasteiger charge is 2.47. The molecule has 0 radical (unpaired) electrons. The molecule has 48 heavy (non-hydrogen) atoms. The number of imidazole rings is 1. The lowest BCUT2D eigenvalue weighted by atomic mass is 9.99. The highest BCUT2D eigenvalue weighted by atomic mass is 35.5. The lowest BCUT2D eigenvalue weighted by molar-refractivity contribution is 0.538. The molecule has 1 aliphatic heterocycles. The van der Waals surface area contributed by atoms with Crippen molar-refractivity contribution in [2.45, 2.75) is 5.66 Å². The third-order valence-electron chi connectivity index (χ3n) is 8.49. The maximum Gasteiger partial charge on any atom is 0.236 e. The molecule has 0 N–H and O–H groups in total. The molecule has 4 nitrogen and oxygen atoms in total. The second-order valence-electron chi connectivity index (χ2n) is 11.5. The van der Waals surface area contributed by atoms with Gasteiger partial charge < -0.3 is 0 Å². The highest BCUT2D eigenvalue weighted by molar-refractivity contribution is 6.54. The zero-order valence-corrected chi connectivity index (χ0v) is 27.2. The molecule has 0 saturated carbocycles. The Morgan fingerprint density at radius 1 is 0.438 bits per heavy atom. The Morgan fingerprint density at radius 2 is 0.875 bits per heavy atom. The van der Waals surface area contributed by atoms with Gasteiger partial charge in [-0.3, -0.25) is 4.57 Å². The van der Waals surface area contributed by atoms with Gasteiger partial charge in [0.15, 0.2) is 5.82 Å². The average Bonchev–Trinajstić information content (AvgIpc) is 3.75. The van der Waals surface area contributed by atoms with Gasteiger partial charge >= 0.3 is 0 Å². The monoisotopic (exact) mass is 658 g/mol. The van der Waals surface area contributed by atoms with Gasteiger partial charge in [-0.05, 0) is 18.2 Å². The van der Waals surface area contributed by atoms with Gasteiger partial charge in [0.05, 0.1) is 33.5 Å². The minimum Gasteiger partial charge on any atom is -0.290 e. The van der Waals surface area contributed by atoms with Gasteiger partial charge in [-0.1, -0.05) is 175 Å². The molecule has 6 heteroatoms. The first-order valence-electron chi connectivity index (χ1n) is 15.7. The van der Waals surface area contributed by atoms with Crippen LogP contribution >= 0.6 is 23.2 Å². The second-order valence-corrected chi connectivity index (χ2v) is 12.3. The number of aliphatic imine (C=N–C) groups is 2. The van der Waals surface area contributed by atoms with Crippen molar-refractivity contribution in [1.82, 2.24) is 9.55 Å². The van der Waals surface area contributed by atoms with Crippen molar-refractivity contribution < 1.29 is 0 Å². The number of hydrogen-bond donors (Lipinski definition) is 0. The number of hydrogen-bond acceptors (Lipinski definition) is 3. The smallest absolute Gasteiger partial charge is 0.236 e. The van der Waals surface area contributed by atoms with Crippen LogP contribution in [0.2, 0.25) is 10.0 Å². The molecule has 1 aliphatic rings. The van der Waals surface area contributed by atoms with Crippen molar-refractivity contribution in [3.63, 3.8) is 0 Å². The van der Waals surface area contributed by atoms with Crippen LogP contribution in [0.1, 0.15) is 22.5 Å². The van der Waals surface area contributed by atoms with E-state index in [0.717, 1.165) is 50.8 Å². The van der Waals surface area contributed by atoms with Gasteiger partial charge in [-0.25, -0.2) is 15.0 Å². The summed E-state index contributed by atoms with van der Waals surface area (Å²) in [6.45, 7) is 0. The van der Waals surface area contributed by atoms with Gasteiger partial charge in [0.1, 0.15) is 0 Å². The van der Waals surface area contributed by atoms with E-state index < -0.39 is 5.66 Å². The molecule has 7 aromatic rings. The van der Waals surface area contributed by atoms with E-state index in [1.165, 1.54) is 0 Å². The number of benzene rings is 6. The Kier molecular flexibility index (Phi) is 7.81. The Labute approximate surface area is 289 Å². The van der Waals surface area contributed by atoms with Crippen molar-refractivity contribution in [2.75, 3.05) is 0 Å². The molecule has 0 unspecified atom stereocenters. The molecule has 6 aromatic carbocycles. The number of nitrogens with zero attached hydrogens (tertiary/aromatic N) is 4. The van der Waals surface area contributed by atoms with E-state index in [4.69, 9.17) is 38.2 Å². The minimum absolute atomic E-state index is 0.531. The van der Waals surface area contributed by atoms with Crippen LogP contribution in [0.4, 0.5) is 0 Å². The van der Waals surface area contributed by atoms with Crippen molar-refractivity contribution in [3.05, 3.63) is 202 Å². The summed E-state index contributed by atoms with van der Waals surface area (Å²) in [7, 11) is 0. The molecule has 2 heterocycles. The van der Waals surface area contributed by atoms with Crippen molar-refractivity contribution in [3.8, 4) is 28.2 Å². The predicted molar refractivity (Wildman–Crippen MR) is 198 cm³/mol. The van der Waals surface area contributed by atoms with Crippen molar-refractivity contribution >= 4 is 34.6 Å². The molecule has 0 saturated heterocycles. The number of para-hydroxylation sites is 1. The molecule has 0 amide bonds. The van der Waals surface area contributed by atoms with Crippen LogP contribution in [0.15, 0.2) is 180 Å². The lowest BCUT2D eigenvalue weighted by Gasteiger charge is -2.26. The molecule has 0 bridgehead atoms. The molecule has 8 rings (SSSR count). The van der Waals surface area contributed by atoms with E-state index in [1.54, 1.807) is 0 Å². The highest BCUT2D eigenvalue weighted by Crippen LogP contribution is 2.48. The quantitative estimate of drug-likeness (QED) is 0.168. The third-order valence-corrected chi connectivity index (χ3v) is 9.14. The molecule has 0 spiro atoms. The van der Waals surface area contributed by atoms with Crippen molar-refractivity contribution in [1.29, 1.82) is 0 Å². The molecular weight excluding hydrogens is 631 g/mol. The summed E-state index contributed by atoms with van der Waals surface area (Å²) in [5.41, 5.74) is 7.04. The Hall–Kier alpha value is -5.55. The molecular formula is C42H28Cl2N4. The number of rotatable bonds is 7. The van der Waals surface area contributed by atoms with Crippen LogP contribution in [-0.2, 0) is 5.66 Å². The summed E-state index contributed by atoms with van der Waals surface area (Å²) in [4.78, 5) is 16.8. The first-order valence-corrected chi connectivity index (χ1v) is 16.4. The fourth-order valence-corrected chi connectivity index (χ4v) is 6.80. The molecule has 0 aliphatic carbocycles. The van der Waals surface area contributed by atoms with Gasteiger partial charge in [-0.2, -0.15) is 0 Å². The maximum atomic E-state index is 7.14. The van der Waals surface area contributed by atoms with Crippen LogP contribution in [0, 0.1) is 0 Å². The summed E-state index contributed by atoms with van der Waals surface area (Å²) < 4.78 is 2.12. The van der Waals surface area contributed by atoms with E-state index in [0.29, 0.717) is 21.4 Å². The maximum absolute atomic E-state index is 7.14. The van der Waals surface area contributed by atoms with E-state index in [-0.39, 0.29) is 0 Å².